The fourth-order valence-electron chi connectivity index (χ4n) is 7.06. The fourth-order valence-corrected chi connectivity index (χ4v) is 10.7. The van der Waals surface area contributed by atoms with Crippen molar-refractivity contribution >= 4 is 67.9 Å². The van der Waals surface area contributed by atoms with Crippen LogP contribution in [0, 0.1) is 0 Å². The molecule has 43 heavy (non-hydrogen) atoms. The molecule has 5 aliphatic carbocycles. The van der Waals surface area contributed by atoms with E-state index in [1.807, 2.05) is 0 Å². The summed E-state index contributed by atoms with van der Waals surface area (Å²) in [5.74, 6) is 0. The van der Waals surface area contributed by atoms with Crippen LogP contribution in [-0.4, -0.2) is 0 Å². The van der Waals surface area contributed by atoms with Crippen LogP contribution in [0.3, 0.4) is 0 Å². The molecule has 0 aliphatic heterocycles. The summed E-state index contributed by atoms with van der Waals surface area (Å²) in [7, 11) is 0.629. The minimum Gasteiger partial charge on any atom is -0.122 e. The molecular weight excluding hydrogens is 671 g/mol. The van der Waals surface area contributed by atoms with Crippen LogP contribution in [-0.2, 0) is 0 Å². The van der Waals surface area contributed by atoms with Gasteiger partial charge < -0.3 is 0 Å². The molecule has 0 bridgehead atoms. The summed E-state index contributed by atoms with van der Waals surface area (Å²) >= 11 is 8.35. The molecule has 0 saturated heterocycles. The van der Waals surface area contributed by atoms with Crippen molar-refractivity contribution in [2.75, 3.05) is 0 Å². The van der Waals surface area contributed by atoms with Crippen molar-refractivity contribution in [2.45, 2.75) is 64.2 Å². The van der Waals surface area contributed by atoms with Crippen molar-refractivity contribution in [3.8, 4) is 10.9 Å². The summed E-state index contributed by atoms with van der Waals surface area (Å²) in [5, 5.41) is 3.10. The van der Waals surface area contributed by atoms with Gasteiger partial charge in [0.2, 0.25) is 0 Å². The van der Waals surface area contributed by atoms with E-state index in [-0.39, 0.29) is 0 Å². The minimum atomic E-state index is 0.629. The maximum absolute atomic E-state index is 4.24. The van der Waals surface area contributed by atoms with Crippen molar-refractivity contribution in [3.63, 3.8) is 0 Å². The van der Waals surface area contributed by atoms with Gasteiger partial charge in [-0.15, -0.1) is 8.19 Å². The number of hydrogen-bond acceptors (Lipinski definition) is 0. The van der Waals surface area contributed by atoms with E-state index in [4.69, 9.17) is 0 Å². The first-order valence-corrected chi connectivity index (χ1v) is 18.4. The summed E-state index contributed by atoms with van der Waals surface area (Å²) < 4.78 is 2.43. The summed E-state index contributed by atoms with van der Waals surface area (Å²) in [6.45, 7) is 0. The summed E-state index contributed by atoms with van der Waals surface area (Å²) in [4.78, 5) is 0. The average molecular weight is 709 g/mol. The zero-order chi connectivity index (χ0) is 29.2. The van der Waals surface area contributed by atoms with Crippen molar-refractivity contribution in [2.24, 2.45) is 0 Å². The standard InChI is InChI=1S/C40H37Br2P/c41-33-26-32(34(27-16-6-1-7-17-27)38(42)35(33)28-18-8-2-9-19-28)40-37(30-22-12-4-13-23-30)36(29-20-10-3-11-21-29)39(43-40)31-24-14-5-15-25-31/h1-6,8,10,12,14,16,18,20,22,24,26,43H,7,9,11,13,15,17,19,21,23,25H2. The third-order valence-electron chi connectivity index (χ3n) is 9.16. The first-order valence-electron chi connectivity index (χ1n) is 15.8. The van der Waals surface area contributed by atoms with Crippen molar-refractivity contribution in [3.05, 3.63) is 134 Å². The number of allylic oxidation sites excluding steroid dienone is 20. The Morgan fingerprint density at radius 3 is 1.28 bits per heavy atom. The van der Waals surface area contributed by atoms with Gasteiger partial charge in [0.05, 0.1) is 0 Å². The monoisotopic (exact) mass is 706 g/mol. The molecular formula is C40H37Br2P. The first-order chi connectivity index (χ1) is 21.2. The molecule has 1 heterocycles. The zero-order valence-corrected chi connectivity index (χ0v) is 28.7. The van der Waals surface area contributed by atoms with E-state index in [0.29, 0.717) is 8.19 Å². The highest BCUT2D eigenvalue weighted by molar-refractivity contribution is 9.11. The van der Waals surface area contributed by atoms with Crippen molar-refractivity contribution < 1.29 is 0 Å². The average Bonchev–Trinajstić information content (AvgIpc) is 3.47. The summed E-state index contributed by atoms with van der Waals surface area (Å²) in [5.41, 5.74) is 14.5. The largest absolute Gasteiger partial charge is 0.122 e. The predicted octanol–water partition coefficient (Wildman–Crippen LogP) is 13.6. The van der Waals surface area contributed by atoms with Gasteiger partial charge in [0, 0.05) is 30.7 Å². The molecule has 1 atom stereocenters. The number of benzene rings is 1. The molecule has 0 radical (unpaired) electrons. The van der Waals surface area contributed by atoms with E-state index < -0.39 is 0 Å². The Kier molecular flexibility index (Phi) is 8.90. The Morgan fingerprint density at radius 1 is 0.442 bits per heavy atom. The van der Waals surface area contributed by atoms with Crippen LogP contribution >= 0.6 is 40.1 Å². The van der Waals surface area contributed by atoms with Gasteiger partial charge in [-0.2, -0.15) is 0 Å². The molecule has 0 amide bonds. The SMILES string of the molecule is Brc1cc(-c2[pH]c(C3=CC=CCC3)c(C3=CC=CCC3)c2C2=CC=CCC2)c(C2=CC=CCC2)c(Br)c1C1=CC=CCC1. The minimum absolute atomic E-state index is 0.629. The molecule has 3 heteroatoms. The molecule has 0 spiro atoms. The predicted molar refractivity (Wildman–Crippen MR) is 199 cm³/mol. The van der Waals surface area contributed by atoms with Crippen molar-refractivity contribution in [1.29, 1.82) is 0 Å². The van der Waals surface area contributed by atoms with Gasteiger partial charge in [-0.3, -0.25) is 0 Å². The number of rotatable bonds is 6. The Hall–Kier alpha value is -2.64. The van der Waals surface area contributed by atoms with Crippen molar-refractivity contribution in [1.82, 2.24) is 0 Å². The van der Waals surface area contributed by atoms with Crippen LogP contribution in [0.15, 0.2) is 106 Å². The Labute approximate surface area is 275 Å². The maximum atomic E-state index is 4.24. The molecule has 2 aromatic rings. The molecule has 1 aromatic carbocycles. The van der Waals surface area contributed by atoms with Gasteiger partial charge in [-0.1, -0.05) is 107 Å². The van der Waals surface area contributed by atoms with Crippen LogP contribution in [0.4, 0.5) is 0 Å². The molecule has 7 rings (SSSR count). The highest BCUT2D eigenvalue weighted by Gasteiger charge is 2.29. The Bertz CT molecular complexity index is 1770. The molecule has 0 nitrogen and oxygen atoms in total. The van der Waals surface area contributed by atoms with E-state index in [2.05, 4.69) is 129 Å². The van der Waals surface area contributed by atoms with Crippen LogP contribution in [0.5, 0.6) is 0 Å². The van der Waals surface area contributed by atoms with Gasteiger partial charge in [-0.05, 0) is 131 Å². The third-order valence-corrected chi connectivity index (χ3v) is 12.2. The van der Waals surface area contributed by atoms with E-state index >= 15 is 0 Å². The van der Waals surface area contributed by atoms with Gasteiger partial charge in [0.15, 0.2) is 0 Å². The highest BCUT2D eigenvalue weighted by atomic mass is 79.9. The summed E-state index contributed by atoms with van der Waals surface area (Å²) in [6.07, 6.45) is 45.7. The lowest BCUT2D eigenvalue weighted by Gasteiger charge is -2.24. The topological polar surface area (TPSA) is 0 Å². The molecule has 0 N–H and O–H groups in total. The molecule has 1 unspecified atom stereocenters. The van der Waals surface area contributed by atoms with Crippen LogP contribution in [0.2, 0.25) is 0 Å². The van der Waals surface area contributed by atoms with Gasteiger partial charge >= 0.3 is 0 Å². The molecule has 5 aliphatic rings. The summed E-state index contributed by atoms with van der Waals surface area (Å²) in [6, 6.07) is 2.47. The zero-order valence-electron chi connectivity index (χ0n) is 24.6. The van der Waals surface area contributed by atoms with Gasteiger partial charge in [0.25, 0.3) is 0 Å². The van der Waals surface area contributed by atoms with Crippen LogP contribution in [0.25, 0.3) is 38.7 Å². The normalized spacial score (nSPS) is 19.8. The molecule has 0 saturated carbocycles. The quantitative estimate of drug-likeness (QED) is 0.280. The Morgan fingerprint density at radius 2 is 0.837 bits per heavy atom. The smallest absolute Gasteiger partial charge is 0.0343 e. The van der Waals surface area contributed by atoms with Gasteiger partial charge in [-0.25, -0.2) is 0 Å². The first kappa shape index (κ1) is 29.1. The Balaban J connectivity index is 1.56. The molecule has 0 fully saturated rings. The lowest BCUT2D eigenvalue weighted by atomic mass is 9.83. The second kappa shape index (κ2) is 13.2. The fraction of sp³-hybridized carbons (Fsp3) is 0.250. The number of hydrogen-bond donors (Lipinski definition) is 0. The van der Waals surface area contributed by atoms with Crippen LogP contribution in [0.1, 0.15) is 91.8 Å². The second-order valence-corrected chi connectivity index (χ2v) is 14.8. The second-order valence-electron chi connectivity index (χ2n) is 11.9. The highest BCUT2D eigenvalue weighted by Crippen LogP contribution is 2.56. The third kappa shape index (κ3) is 5.80. The lowest BCUT2D eigenvalue weighted by molar-refractivity contribution is 1.03. The van der Waals surface area contributed by atoms with Gasteiger partial charge in [0.1, 0.15) is 0 Å². The van der Waals surface area contributed by atoms with E-state index in [1.165, 1.54) is 69.9 Å². The van der Waals surface area contributed by atoms with E-state index in [1.54, 1.807) is 5.30 Å². The lowest BCUT2D eigenvalue weighted by Crippen LogP contribution is -2.02. The van der Waals surface area contributed by atoms with Crippen LogP contribution < -0.4 is 0 Å². The number of halogens is 2. The van der Waals surface area contributed by atoms with E-state index in [0.717, 1.165) is 64.2 Å². The molecule has 216 valence electrons. The maximum Gasteiger partial charge on any atom is 0.0343 e. The molecule has 1 aromatic heterocycles. The van der Waals surface area contributed by atoms with E-state index in [9.17, 15) is 0 Å².